The van der Waals surface area contributed by atoms with Crippen molar-refractivity contribution in [3.8, 4) is 0 Å². The van der Waals surface area contributed by atoms with E-state index in [1.807, 2.05) is 30.1 Å². The van der Waals surface area contributed by atoms with E-state index >= 15 is 0 Å². The van der Waals surface area contributed by atoms with E-state index in [1.165, 1.54) is 5.56 Å². The van der Waals surface area contributed by atoms with Crippen LogP contribution in [0.4, 0.5) is 0 Å². The van der Waals surface area contributed by atoms with Crippen LogP contribution in [-0.4, -0.2) is 30.4 Å². The van der Waals surface area contributed by atoms with Gasteiger partial charge in [0.05, 0.1) is 6.04 Å². The van der Waals surface area contributed by atoms with Gasteiger partial charge in [0.25, 0.3) is 0 Å². The van der Waals surface area contributed by atoms with Crippen molar-refractivity contribution in [2.24, 2.45) is 0 Å². The van der Waals surface area contributed by atoms with Crippen molar-refractivity contribution in [2.75, 3.05) is 13.6 Å². The topological polar surface area (TPSA) is 32.3 Å². The number of carbonyl (C=O) groups is 1. The molecule has 1 aromatic rings. The second-order valence-corrected chi connectivity index (χ2v) is 5.30. The lowest BCUT2D eigenvalue weighted by Crippen LogP contribution is -2.31. The van der Waals surface area contributed by atoms with Gasteiger partial charge < -0.3 is 10.2 Å². The van der Waals surface area contributed by atoms with Gasteiger partial charge in [-0.3, -0.25) is 4.79 Å². The first-order valence-corrected chi connectivity index (χ1v) is 7.06. The summed E-state index contributed by atoms with van der Waals surface area (Å²) in [5.41, 5.74) is 1.18. The van der Waals surface area contributed by atoms with Gasteiger partial charge in [0, 0.05) is 19.5 Å². The quantitative estimate of drug-likeness (QED) is 0.766. The molecular formula is C16H26N2O. The summed E-state index contributed by atoms with van der Waals surface area (Å²) in [5.74, 6) is 0.210. The monoisotopic (exact) mass is 262 g/mol. The summed E-state index contributed by atoms with van der Waals surface area (Å²) >= 11 is 0. The summed E-state index contributed by atoms with van der Waals surface area (Å²) < 4.78 is 0. The molecule has 0 aliphatic rings. The maximum atomic E-state index is 12.1. The van der Waals surface area contributed by atoms with Crippen LogP contribution in [0.15, 0.2) is 30.3 Å². The molecule has 1 N–H and O–H groups in total. The van der Waals surface area contributed by atoms with Crippen LogP contribution in [0.1, 0.15) is 45.2 Å². The van der Waals surface area contributed by atoms with Crippen molar-refractivity contribution in [1.82, 2.24) is 10.2 Å². The smallest absolute Gasteiger partial charge is 0.222 e. The van der Waals surface area contributed by atoms with Crippen molar-refractivity contribution in [3.63, 3.8) is 0 Å². The van der Waals surface area contributed by atoms with Gasteiger partial charge in [0.15, 0.2) is 0 Å². The van der Waals surface area contributed by atoms with Crippen LogP contribution >= 0.6 is 0 Å². The number of nitrogens with zero attached hydrogens (tertiary/aromatic N) is 1. The molecule has 0 aromatic heterocycles. The molecule has 0 radical (unpaired) electrons. The van der Waals surface area contributed by atoms with Gasteiger partial charge in [-0.15, -0.1) is 0 Å². The van der Waals surface area contributed by atoms with Crippen molar-refractivity contribution in [2.45, 2.75) is 45.7 Å². The third kappa shape index (κ3) is 5.43. The molecule has 1 amide bonds. The Morgan fingerprint density at radius 3 is 2.42 bits per heavy atom. The minimum Gasteiger partial charge on any atom is -0.339 e. The third-order valence-electron chi connectivity index (χ3n) is 3.38. The number of benzene rings is 1. The van der Waals surface area contributed by atoms with Crippen LogP contribution in [0.25, 0.3) is 0 Å². The zero-order valence-electron chi connectivity index (χ0n) is 12.5. The average molecular weight is 262 g/mol. The molecule has 106 valence electrons. The molecule has 0 bridgehead atoms. The van der Waals surface area contributed by atoms with Crippen LogP contribution < -0.4 is 5.32 Å². The molecule has 0 saturated carbocycles. The first kappa shape index (κ1) is 15.7. The highest BCUT2D eigenvalue weighted by Crippen LogP contribution is 2.18. The molecule has 0 aliphatic carbocycles. The zero-order valence-corrected chi connectivity index (χ0v) is 12.5. The van der Waals surface area contributed by atoms with Gasteiger partial charge in [-0.25, -0.2) is 0 Å². The molecule has 19 heavy (non-hydrogen) atoms. The van der Waals surface area contributed by atoms with Crippen molar-refractivity contribution in [1.29, 1.82) is 0 Å². The molecule has 0 aliphatic heterocycles. The van der Waals surface area contributed by atoms with E-state index in [-0.39, 0.29) is 11.9 Å². The molecule has 1 atom stereocenters. The summed E-state index contributed by atoms with van der Waals surface area (Å²) in [6.07, 6.45) is 1.50. The molecule has 3 heteroatoms. The van der Waals surface area contributed by atoms with Crippen LogP contribution in [0.2, 0.25) is 0 Å². The normalized spacial score (nSPS) is 12.5. The van der Waals surface area contributed by atoms with Crippen LogP contribution in [0.5, 0.6) is 0 Å². The maximum Gasteiger partial charge on any atom is 0.222 e. The van der Waals surface area contributed by atoms with Gasteiger partial charge in [-0.2, -0.15) is 0 Å². The lowest BCUT2D eigenvalue weighted by molar-refractivity contribution is -0.131. The molecule has 3 nitrogen and oxygen atoms in total. The highest BCUT2D eigenvalue weighted by Gasteiger charge is 2.16. The zero-order chi connectivity index (χ0) is 14.3. The van der Waals surface area contributed by atoms with E-state index < -0.39 is 0 Å². The fraction of sp³-hybridized carbons (Fsp3) is 0.562. The minimum absolute atomic E-state index is 0.131. The van der Waals surface area contributed by atoms with Crippen LogP contribution in [0, 0.1) is 0 Å². The molecule has 0 saturated heterocycles. The summed E-state index contributed by atoms with van der Waals surface area (Å²) in [7, 11) is 1.88. The average Bonchev–Trinajstić information content (AvgIpc) is 2.42. The summed E-state index contributed by atoms with van der Waals surface area (Å²) in [4.78, 5) is 13.9. The maximum absolute atomic E-state index is 12.1. The molecule has 1 rings (SSSR count). The number of nitrogens with one attached hydrogen (secondary N) is 1. The Morgan fingerprint density at radius 2 is 1.84 bits per heavy atom. The van der Waals surface area contributed by atoms with Gasteiger partial charge in [-0.1, -0.05) is 44.2 Å². The Labute approximate surface area is 117 Å². The molecule has 0 spiro atoms. The Balaban J connectivity index is 2.40. The molecule has 0 fully saturated rings. The number of rotatable bonds is 7. The second kappa shape index (κ2) is 7.95. The second-order valence-electron chi connectivity index (χ2n) is 5.30. The van der Waals surface area contributed by atoms with E-state index in [9.17, 15) is 4.79 Å². The molecule has 1 unspecified atom stereocenters. The van der Waals surface area contributed by atoms with Crippen molar-refractivity contribution >= 4 is 5.91 Å². The largest absolute Gasteiger partial charge is 0.339 e. The first-order valence-electron chi connectivity index (χ1n) is 7.06. The van der Waals surface area contributed by atoms with Gasteiger partial charge in [0.2, 0.25) is 5.91 Å². The standard InChI is InChI=1S/C16H26N2O/c1-13(2)17-12-8-11-16(19)18(4)14(3)15-9-6-5-7-10-15/h5-7,9-10,13-14,17H,8,11-12H2,1-4H3. The van der Waals surface area contributed by atoms with E-state index in [0.29, 0.717) is 12.5 Å². The predicted molar refractivity (Wildman–Crippen MR) is 80.0 cm³/mol. The predicted octanol–water partition coefficient (Wildman–Crippen LogP) is 2.98. The Bertz CT molecular complexity index is 376. The van der Waals surface area contributed by atoms with E-state index in [2.05, 4.69) is 38.2 Å². The Kier molecular flexibility index (Phi) is 6.57. The van der Waals surface area contributed by atoms with Crippen LogP contribution in [0.3, 0.4) is 0 Å². The van der Waals surface area contributed by atoms with Gasteiger partial charge in [-0.05, 0) is 25.5 Å². The molecular weight excluding hydrogens is 236 g/mol. The Morgan fingerprint density at radius 1 is 1.21 bits per heavy atom. The Hall–Kier alpha value is -1.35. The van der Waals surface area contributed by atoms with Crippen molar-refractivity contribution < 1.29 is 4.79 Å². The van der Waals surface area contributed by atoms with Crippen molar-refractivity contribution in [3.05, 3.63) is 35.9 Å². The SMILES string of the molecule is CC(C)NCCCC(=O)N(C)C(C)c1ccccc1. The lowest BCUT2D eigenvalue weighted by Gasteiger charge is -2.25. The molecule has 1 aromatic carbocycles. The summed E-state index contributed by atoms with van der Waals surface area (Å²) in [6, 6.07) is 10.8. The third-order valence-corrected chi connectivity index (χ3v) is 3.38. The first-order chi connectivity index (χ1) is 9.02. The van der Waals surface area contributed by atoms with Crippen LogP contribution in [-0.2, 0) is 4.79 Å². The molecule has 0 heterocycles. The van der Waals surface area contributed by atoms with Gasteiger partial charge >= 0.3 is 0 Å². The fourth-order valence-corrected chi connectivity index (χ4v) is 1.98. The highest BCUT2D eigenvalue weighted by molar-refractivity contribution is 5.76. The number of hydrogen-bond donors (Lipinski definition) is 1. The highest BCUT2D eigenvalue weighted by atomic mass is 16.2. The summed E-state index contributed by atoms with van der Waals surface area (Å²) in [5, 5.41) is 3.33. The minimum atomic E-state index is 0.131. The van der Waals surface area contributed by atoms with E-state index in [0.717, 1.165) is 13.0 Å². The number of amides is 1. The number of hydrogen-bond acceptors (Lipinski definition) is 2. The van der Waals surface area contributed by atoms with Gasteiger partial charge in [0.1, 0.15) is 0 Å². The van der Waals surface area contributed by atoms with E-state index in [1.54, 1.807) is 0 Å². The summed E-state index contributed by atoms with van der Waals surface area (Å²) in [6.45, 7) is 7.20. The van der Waals surface area contributed by atoms with E-state index in [4.69, 9.17) is 0 Å². The number of carbonyl (C=O) groups excluding carboxylic acids is 1. The lowest BCUT2D eigenvalue weighted by atomic mass is 10.1. The fourth-order valence-electron chi connectivity index (χ4n) is 1.98.